The first kappa shape index (κ1) is 22.0. The second kappa shape index (κ2) is 9.41. The molecule has 2 amide bonds. The van der Waals surface area contributed by atoms with E-state index in [4.69, 9.17) is 0 Å². The first-order chi connectivity index (χ1) is 14.3. The third-order valence-corrected chi connectivity index (χ3v) is 5.96. The van der Waals surface area contributed by atoms with Gasteiger partial charge >= 0.3 is 0 Å². The molecule has 1 heterocycles. The second-order valence-corrected chi connectivity index (χ2v) is 8.49. The zero-order valence-electron chi connectivity index (χ0n) is 18.1. The largest absolute Gasteiger partial charge is 0.353 e. The molecule has 4 nitrogen and oxygen atoms in total. The molecule has 160 valence electrons. The van der Waals surface area contributed by atoms with Gasteiger partial charge in [-0.3, -0.25) is 9.59 Å². The maximum absolute atomic E-state index is 13.8. The molecule has 30 heavy (non-hydrogen) atoms. The van der Waals surface area contributed by atoms with Crippen LogP contribution in [0.25, 0.3) is 11.1 Å². The Morgan fingerprint density at radius 3 is 2.43 bits per heavy atom. The van der Waals surface area contributed by atoms with Crippen molar-refractivity contribution in [2.75, 3.05) is 13.1 Å². The van der Waals surface area contributed by atoms with Crippen LogP contribution in [-0.2, 0) is 16.0 Å². The van der Waals surface area contributed by atoms with Gasteiger partial charge in [-0.1, -0.05) is 43.3 Å². The Balaban J connectivity index is 1.93. The minimum absolute atomic E-state index is 0.0372. The number of hydrogen-bond donors (Lipinski definition) is 1. The van der Waals surface area contributed by atoms with E-state index in [2.05, 4.69) is 5.32 Å². The highest BCUT2D eigenvalue weighted by Gasteiger charge is 2.42. The summed E-state index contributed by atoms with van der Waals surface area (Å²) in [6.07, 6.45) is 2.28. The number of rotatable bonds is 6. The van der Waals surface area contributed by atoms with Crippen molar-refractivity contribution in [3.63, 3.8) is 0 Å². The second-order valence-electron chi connectivity index (χ2n) is 8.49. The van der Waals surface area contributed by atoms with E-state index in [0.29, 0.717) is 38.8 Å². The Kier molecular flexibility index (Phi) is 6.91. The average molecular weight is 411 g/mol. The van der Waals surface area contributed by atoms with Crippen molar-refractivity contribution in [3.8, 4) is 11.1 Å². The molecule has 1 saturated heterocycles. The highest BCUT2D eigenvalue weighted by molar-refractivity contribution is 5.84. The SMILES string of the molecule is CCC(=O)N1CCC(Cc2ccccc2-c2cccc(F)c2)(C(=O)NC(C)C)CC1. The first-order valence-corrected chi connectivity index (χ1v) is 10.8. The maximum Gasteiger partial charge on any atom is 0.226 e. The number of piperidine rings is 1. The van der Waals surface area contributed by atoms with Crippen molar-refractivity contribution in [1.82, 2.24) is 10.2 Å². The van der Waals surface area contributed by atoms with Gasteiger partial charge in [0.2, 0.25) is 11.8 Å². The average Bonchev–Trinajstić information content (AvgIpc) is 2.73. The number of carbonyl (C=O) groups excluding carboxylic acids is 2. The molecule has 0 saturated carbocycles. The van der Waals surface area contributed by atoms with E-state index >= 15 is 0 Å². The van der Waals surface area contributed by atoms with Crippen molar-refractivity contribution >= 4 is 11.8 Å². The number of benzene rings is 2. The summed E-state index contributed by atoms with van der Waals surface area (Å²) in [5, 5.41) is 3.10. The highest BCUT2D eigenvalue weighted by Crippen LogP contribution is 2.38. The van der Waals surface area contributed by atoms with Gasteiger partial charge in [-0.15, -0.1) is 0 Å². The van der Waals surface area contributed by atoms with Gasteiger partial charge in [-0.25, -0.2) is 4.39 Å². The van der Waals surface area contributed by atoms with E-state index in [-0.39, 0.29) is 23.7 Å². The lowest BCUT2D eigenvalue weighted by Crippen LogP contribution is -2.52. The van der Waals surface area contributed by atoms with E-state index < -0.39 is 5.41 Å². The van der Waals surface area contributed by atoms with Crippen LogP contribution in [0, 0.1) is 11.2 Å². The van der Waals surface area contributed by atoms with Crippen molar-refractivity contribution in [1.29, 1.82) is 0 Å². The number of nitrogens with zero attached hydrogens (tertiary/aromatic N) is 1. The number of nitrogens with one attached hydrogen (secondary N) is 1. The number of carbonyl (C=O) groups is 2. The molecule has 5 heteroatoms. The summed E-state index contributed by atoms with van der Waals surface area (Å²) >= 11 is 0. The third kappa shape index (κ3) is 4.89. The molecule has 1 N–H and O–H groups in total. The van der Waals surface area contributed by atoms with Crippen molar-refractivity contribution in [3.05, 3.63) is 59.9 Å². The topological polar surface area (TPSA) is 49.4 Å². The van der Waals surface area contributed by atoms with Crippen LogP contribution in [0.3, 0.4) is 0 Å². The van der Waals surface area contributed by atoms with Gasteiger partial charge in [0.15, 0.2) is 0 Å². The van der Waals surface area contributed by atoms with Crippen LogP contribution in [-0.4, -0.2) is 35.8 Å². The van der Waals surface area contributed by atoms with E-state index in [9.17, 15) is 14.0 Å². The predicted octanol–water partition coefficient (Wildman–Crippen LogP) is 4.58. The van der Waals surface area contributed by atoms with Gasteiger partial charge < -0.3 is 10.2 Å². The maximum atomic E-state index is 13.8. The third-order valence-electron chi connectivity index (χ3n) is 5.96. The smallest absolute Gasteiger partial charge is 0.226 e. The molecular weight excluding hydrogens is 379 g/mol. The lowest BCUT2D eigenvalue weighted by atomic mass is 9.71. The number of halogens is 1. The predicted molar refractivity (Wildman–Crippen MR) is 117 cm³/mol. The van der Waals surface area contributed by atoms with Gasteiger partial charge in [-0.2, -0.15) is 0 Å². The van der Waals surface area contributed by atoms with E-state index in [1.807, 2.05) is 56.0 Å². The van der Waals surface area contributed by atoms with E-state index in [1.54, 1.807) is 6.07 Å². The van der Waals surface area contributed by atoms with Gasteiger partial charge in [0.1, 0.15) is 5.82 Å². The molecule has 0 radical (unpaired) electrons. The van der Waals surface area contributed by atoms with Gasteiger partial charge in [0, 0.05) is 25.6 Å². The summed E-state index contributed by atoms with van der Waals surface area (Å²) in [7, 11) is 0. The molecule has 0 atom stereocenters. The molecule has 0 spiro atoms. The molecular formula is C25H31FN2O2. The molecule has 1 fully saturated rings. The number of amides is 2. The van der Waals surface area contributed by atoms with Gasteiger partial charge in [0.05, 0.1) is 5.41 Å². The Morgan fingerprint density at radius 1 is 1.10 bits per heavy atom. The number of hydrogen-bond acceptors (Lipinski definition) is 2. The van der Waals surface area contributed by atoms with Gasteiger partial charge in [-0.05, 0) is 61.9 Å². The lowest BCUT2D eigenvalue weighted by Gasteiger charge is -2.41. The minimum atomic E-state index is -0.585. The van der Waals surface area contributed by atoms with Gasteiger partial charge in [0.25, 0.3) is 0 Å². The summed E-state index contributed by atoms with van der Waals surface area (Å²) in [6, 6.07) is 14.5. The minimum Gasteiger partial charge on any atom is -0.353 e. The molecule has 2 aromatic carbocycles. The zero-order valence-corrected chi connectivity index (χ0v) is 18.1. The Hall–Kier alpha value is -2.69. The quantitative estimate of drug-likeness (QED) is 0.758. The normalized spacial score (nSPS) is 15.8. The standard InChI is InChI=1S/C25H31FN2O2/c1-4-23(29)28-14-12-25(13-15-28,24(30)27-18(2)3)17-20-8-5-6-11-22(20)19-9-7-10-21(26)16-19/h5-11,16,18H,4,12-15,17H2,1-3H3,(H,27,30). The summed E-state index contributed by atoms with van der Waals surface area (Å²) in [4.78, 5) is 27.3. The van der Waals surface area contributed by atoms with Crippen molar-refractivity contribution in [2.24, 2.45) is 5.41 Å². The fourth-order valence-electron chi connectivity index (χ4n) is 4.28. The van der Waals surface area contributed by atoms with Crippen LogP contribution in [0.15, 0.2) is 48.5 Å². The summed E-state index contributed by atoms with van der Waals surface area (Å²) in [6.45, 7) is 6.95. The molecule has 1 aliphatic heterocycles. The summed E-state index contributed by atoms with van der Waals surface area (Å²) in [5.74, 6) is -0.107. The summed E-state index contributed by atoms with van der Waals surface area (Å²) < 4.78 is 13.8. The molecule has 1 aliphatic rings. The van der Waals surface area contributed by atoms with Crippen LogP contribution < -0.4 is 5.32 Å². The van der Waals surface area contributed by atoms with Crippen LogP contribution in [0.4, 0.5) is 4.39 Å². The van der Waals surface area contributed by atoms with Crippen LogP contribution >= 0.6 is 0 Å². The molecule has 0 bridgehead atoms. The van der Waals surface area contributed by atoms with Crippen LogP contribution in [0.2, 0.25) is 0 Å². The Morgan fingerprint density at radius 2 is 1.80 bits per heavy atom. The summed E-state index contributed by atoms with van der Waals surface area (Å²) in [5.41, 5.74) is 2.19. The Bertz CT molecular complexity index is 902. The number of likely N-dealkylation sites (tertiary alicyclic amines) is 1. The van der Waals surface area contributed by atoms with E-state index in [0.717, 1.165) is 16.7 Å². The molecule has 0 aliphatic carbocycles. The van der Waals surface area contributed by atoms with Crippen molar-refractivity contribution < 1.29 is 14.0 Å². The van der Waals surface area contributed by atoms with Crippen LogP contribution in [0.1, 0.15) is 45.6 Å². The fourth-order valence-corrected chi connectivity index (χ4v) is 4.28. The van der Waals surface area contributed by atoms with E-state index in [1.165, 1.54) is 12.1 Å². The lowest BCUT2D eigenvalue weighted by molar-refractivity contribution is -0.140. The monoisotopic (exact) mass is 410 g/mol. The van der Waals surface area contributed by atoms with Crippen LogP contribution in [0.5, 0.6) is 0 Å². The molecule has 0 aromatic heterocycles. The molecule has 0 unspecified atom stereocenters. The fraction of sp³-hybridized carbons (Fsp3) is 0.440. The zero-order chi connectivity index (χ0) is 21.7. The highest BCUT2D eigenvalue weighted by atomic mass is 19.1. The van der Waals surface area contributed by atoms with Crippen molar-refractivity contribution in [2.45, 2.75) is 52.5 Å². The molecule has 3 rings (SSSR count). The molecule has 2 aromatic rings. The first-order valence-electron chi connectivity index (χ1n) is 10.8. The Labute approximate surface area is 178 Å².